The maximum Gasteiger partial charge on any atom is 0.191 e. The molecular weight excluding hydrogens is 467 g/mol. The Hall–Kier alpha value is -1.65. The van der Waals surface area contributed by atoms with E-state index < -0.39 is 0 Å². The zero-order valence-corrected chi connectivity index (χ0v) is 18.8. The van der Waals surface area contributed by atoms with Gasteiger partial charge in [0.05, 0.1) is 26.1 Å². The summed E-state index contributed by atoms with van der Waals surface area (Å²) in [6, 6.07) is 8.58. The molecule has 3 rings (SSSR count). The fourth-order valence-electron chi connectivity index (χ4n) is 3.09. The van der Waals surface area contributed by atoms with Gasteiger partial charge in [-0.25, -0.2) is 9.98 Å². The summed E-state index contributed by atoms with van der Waals surface area (Å²) in [5.41, 5.74) is 2.62. The zero-order valence-electron chi connectivity index (χ0n) is 16.5. The summed E-state index contributed by atoms with van der Waals surface area (Å²) in [6.45, 7) is 9.85. The predicted octanol–water partition coefficient (Wildman–Crippen LogP) is 2.09. The Labute approximate surface area is 184 Å². The first-order valence-electron chi connectivity index (χ1n) is 9.70. The molecule has 1 fully saturated rings. The molecule has 8 heteroatoms. The van der Waals surface area contributed by atoms with E-state index in [4.69, 9.17) is 9.73 Å². The van der Waals surface area contributed by atoms with Crippen molar-refractivity contribution in [3.05, 3.63) is 54.1 Å². The number of nitrogens with one attached hydrogen (secondary N) is 2. The molecule has 1 aliphatic heterocycles. The lowest BCUT2D eigenvalue weighted by molar-refractivity contribution is 0.0341. The van der Waals surface area contributed by atoms with Crippen molar-refractivity contribution in [2.45, 2.75) is 26.6 Å². The quantitative estimate of drug-likeness (QED) is 0.332. The Kier molecular flexibility index (Phi) is 10.3. The van der Waals surface area contributed by atoms with E-state index in [0.29, 0.717) is 6.54 Å². The van der Waals surface area contributed by atoms with Gasteiger partial charge in [-0.05, 0) is 18.1 Å². The highest BCUT2D eigenvalue weighted by Crippen LogP contribution is 2.14. The van der Waals surface area contributed by atoms with Gasteiger partial charge in [0.25, 0.3) is 0 Å². The minimum atomic E-state index is 0. The fraction of sp³-hybridized carbons (Fsp3) is 0.500. The molecule has 2 N–H and O–H groups in total. The van der Waals surface area contributed by atoms with Crippen LogP contribution in [0.15, 0.2) is 48.0 Å². The van der Waals surface area contributed by atoms with Crippen LogP contribution in [-0.4, -0.2) is 59.8 Å². The smallest absolute Gasteiger partial charge is 0.191 e. The van der Waals surface area contributed by atoms with E-state index in [1.807, 2.05) is 17.1 Å². The Morgan fingerprint density at radius 2 is 1.96 bits per heavy atom. The number of ether oxygens (including phenoxy) is 1. The molecule has 7 nitrogen and oxygen atoms in total. The van der Waals surface area contributed by atoms with Crippen molar-refractivity contribution in [3.63, 3.8) is 0 Å². The van der Waals surface area contributed by atoms with Crippen LogP contribution in [0.4, 0.5) is 0 Å². The van der Waals surface area contributed by atoms with Gasteiger partial charge >= 0.3 is 0 Å². The monoisotopic (exact) mass is 498 g/mol. The molecule has 1 saturated heterocycles. The van der Waals surface area contributed by atoms with E-state index >= 15 is 0 Å². The van der Waals surface area contributed by atoms with E-state index in [9.17, 15) is 0 Å². The molecule has 1 aromatic carbocycles. The first kappa shape index (κ1) is 22.6. The molecule has 1 aliphatic rings. The summed E-state index contributed by atoms with van der Waals surface area (Å²) in [4.78, 5) is 11.3. The zero-order chi connectivity index (χ0) is 18.7. The second-order valence-corrected chi connectivity index (χ2v) is 6.58. The highest BCUT2D eigenvalue weighted by atomic mass is 127. The third-order valence-corrected chi connectivity index (χ3v) is 4.59. The standard InChI is InChI=1S/C20H30N6O.HI/c1-2-22-20(23-8-10-26-9-7-21-17-26)24-15-18-5-3-4-6-19(18)16-25-11-13-27-14-12-25;/h3-7,9,17H,2,8,10-16H2,1H3,(H2,22,23,24);1H. The summed E-state index contributed by atoms with van der Waals surface area (Å²) in [5, 5.41) is 6.71. The van der Waals surface area contributed by atoms with Crippen molar-refractivity contribution in [1.29, 1.82) is 0 Å². The van der Waals surface area contributed by atoms with E-state index in [1.165, 1.54) is 11.1 Å². The molecule has 1 aromatic heterocycles. The van der Waals surface area contributed by atoms with Crippen LogP contribution in [-0.2, 0) is 24.4 Å². The minimum absolute atomic E-state index is 0. The van der Waals surface area contributed by atoms with Crippen molar-refractivity contribution < 1.29 is 4.74 Å². The normalized spacial score (nSPS) is 15.1. The third-order valence-electron chi connectivity index (χ3n) is 4.59. The fourth-order valence-corrected chi connectivity index (χ4v) is 3.09. The second kappa shape index (κ2) is 12.7. The average Bonchev–Trinajstić information content (AvgIpc) is 3.21. The van der Waals surface area contributed by atoms with E-state index in [2.05, 4.69) is 51.7 Å². The molecule has 0 bridgehead atoms. The first-order valence-corrected chi connectivity index (χ1v) is 9.70. The average molecular weight is 498 g/mol. The lowest BCUT2D eigenvalue weighted by Gasteiger charge is -2.27. The largest absolute Gasteiger partial charge is 0.379 e. The number of rotatable bonds is 8. The van der Waals surface area contributed by atoms with Gasteiger partial charge in [0.2, 0.25) is 0 Å². The van der Waals surface area contributed by atoms with Gasteiger partial charge in [0.15, 0.2) is 5.96 Å². The third kappa shape index (κ3) is 7.40. The Balaban J connectivity index is 0.00000280. The topological polar surface area (TPSA) is 66.7 Å². The molecule has 154 valence electrons. The van der Waals surface area contributed by atoms with Crippen molar-refractivity contribution in [2.75, 3.05) is 39.4 Å². The highest BCUT2D eigenvalue weighted by molar-refractivity contribution is 14.0. The van der Waals surface area contributed by atoms with Crippen molar-refractivity contribution in [1.82, 2.24) is 25.1 Å². The van der Waals surface area contributed by atoms with Crippen LogP contribution in [0.3, 0.4) is 0 Å². The Bertz CT molecular complexity index is 700. The number of aliphatic imine (C=N–C) groups is 1. The molecule has 2 aromatic rings. The number of halogens is 1. The number of hydrogen-bond donors (Lipinski definition) is 2. The molecule has 0 radical (unpaired) electrons. The summed E-state index contributed by atoms with van der Waals surface area (Å²) in [7, 11) is 0. The summed E-state index contributed by atoms with van der Waals surface area (Å²) >= 11 is 0. The predicted molar refractivity (Wildman–Crippen MR) is 123 cm³/mol. The van der Waals surface area contributed by atoms with Crippen molar-refractivity contribution in [3.8, 4) is 0 Å². The summed E-state index contributed by atoms with van der Waals surface area (Å²) in [5.74, 6) is 0.846. The van der Waals surface area contributed by atoms with Crippen LogP contribution in [0.5, 0.6) is 0 Å². The van der Waals surface area contributed by atoms with Crippen LogP contribution >= 0.6 is 24.0 Å². The second-order valence-electron chi connectivity index (χ2n) is 6.58. The van der Waals surface area contributed by atoms with Crippen LogP contribution < -0.4 is 10.6 Å². The Morgan fingerprint density at radius 3 is 2.68 bits per heavy atom. The van der Waals surface area contributed by atoms with Crippen LogP contribution in [0.2, 0.25) is 0 Å². The maximum atomic E-state index is 5.45. The van der Waals surface area contributed by atoms with Gasteiger partial charge in [0, 0.05) is 51.7 Å². The van der Waals surface area contributed by atoms with Gasteiger partial charge in [-0.1, -0.05) is 24.3 Å². The molecule has 0 aliphatic carbocycles. The number of morpholine rings is 1. The number of imidazole rings is 1. The molecule has 0 atom stereocenters. The van der Waals surface area contributed by atoms with E-state index in [0.717, 1.165) is 58.4 Å². The van der Waals surface area contributed by atoms with Crippen molar-refractivity contribution in [2.24, 2.45) is 4.99 Å². The SMILES string of the molecule is CCNC(=NCc1ccccc1CN1CCOCC1)NCCn1ccnc1.I. The number of guanidine groups is 1. The van der Waals surface area contributed by atoms with E-state index in [-0.39, 0.29) is 24.0 Å². The van der Waals surface area contributed by atoms with Gasteiger partial charge in [-0.2, -0.15) is 0 Å². The molecular formula is C20H31IN6O. The van der Waals surface area contributed by atoms with E-state index in [1.54, 1.807) is 6.20 Å². The number of hydrogen-bond acceptors (Lipinski definition) is 4. The first-order chi connectivity index (χ1) is 13.3. The van der Waals surface area contributed by atoms with Gasteiger partial charge in [-0.3, -0.25) is 4.90 Å². The molecule has 0 amide bonds. The van der Waals surface area contributed by atoms with Gasteiger partial charge in [-0.15, -0.1) is 24.0 Å². The number of nitrogens with zero attached hydrogens (tertiary/aromatic N) is 4. The number of aromatic nitrogens is 2. The molecule has 28 heavy (non-hydrogen) atoms. The van der Waals surface area contributed by atoms with Crippen LogP contribution in [0.25, 0.3) is 0 Å². The maximum absolute atomic E-state index is 5.45. The van der Waals surface area contributed by atoms with Crippen LogP contribution in [0.1, 0.15) is 18.1 Å². The van der Waals surface area contributed by atoms with Crippen molar-refractivity contribution >= 4 is 29.9 Å². The molecule has 0 saturated carbocycles. The van der Waals surface area contributed by atoms with Crippen LogP contribution in [0, 0.1) is 0 Å². The summed E-state index contributed by atoms with van der Waals surface area (Å²) < 4.78 is 7.50. The lowest BCUT2D eigenvalue weighted by Crippen LogP contribution is -2.38. The van der Waals surface area contributed by atoms with Gasteiger partial charge < -0.3 is 19.9 Å². The number of benzene rings is 1. The molecule has 0 spiro atoms. The van der Waals surface area contributed by atoms with Gasteiger partial charge in [0.1, 0.15) is 0 Å². The minimum Gasteiger partial charge on any atom is -0.379 e. The molecule has 2 heterocycles. The Morgan fingerprint density at radius 1 is 1.18 bits per heavy atom. The molecule has 0 unspecified atom stereocenters. The lowest BCUT2D eigenvalue weighted by atomic mass is 10.1. The summed E-state index contributed by atoms with van der Waals surface area (Å²) in [6.07, 6.45) is 5.59. The highest BCUT2D eigenvalue weighted by Gasteiger charge is 2.12.